The predicted molar refractivity (Wildman–Crippen MR) is 88.5 cm³/mol. The van der Waals surface area contributed by atoms with Gasteiger partial charge < -0.3 is 10.1 Å². The minimum Gasteiger partial charge on any atom is -0.471 e. The van der Waals surface area contributed by atoms with Gasteiger partial charge in [0, 0.05) is 10.5 Å². The molecule has 0 aliphatic heterocycles. The quantitative estimate of drug-likeness (QED) is 0.647. The van der Waals surface area contributed by atoms with Crippen molar-refractivity contribution in [3.8, 4) is 5.75 Å². The largest absolute Gasteiger partial charge is 0.471 e. The van der Waals surface area contributed by atoms with Crippen molar-refractivity contribution in [2.75, 3.05) is 5.32 Å². The zero-order valence-corrected chi connectivity index (χ0v) is 14.5. The molecule has 0 aliphatic rings. The van der Waals surface area contributed by atoms with Gasteiger partial charge in [0.1, 0.15) is 11.4 Å². The predicted octanol–water partition coefficient (Wildman–Crippen LogP) is 3.68. The van der Waals surface area contributed by atoms with E-state index in [-0.39, 0.29) is 12.4 Å². The molecule has 0 bridgehead atoms. The number of ether oxygens (including phenoxy) is 1. The minimum atomic E-state index is -4.60. The Bertz CT molecular complexity index is 905. The van der Waals surface area contributed by atoms with Gasteiger partial charge in [0.15, 0.2) is 12.4 Å². The topological polar surface area (TPSA) is 84.8 Å². The standard InChI is InChI=1S/C15H11BrF3N5O2/c16-9-1-3-11(4-2-9)26-8-24-7-10(6-20-24)21-14(25)12-5-13(23-22-12)15(17,18)19/h1-7H,8H2,(H,21,25)(H,22,23). The highest BCUT2D eigenvalue weighted by Gasteiger charge is 2.33. The first-order valence-electron chi connectivity index (χ1n) is 7.16. The van der Waals surface area contributed by atoms with E-state index >= 15 is 0 Å². The van der Waals surface area contributed by atoms with Crippen LogP contribution in [-0.4, -0.2) is 25.9 Å². The molecule has 0 saturated carbocycles. The molecule has 7 nitrogen and oxygen atoms in total. The first-order chi connectivity index (χ1) is 12.3. The van der Waals surface area contributed by atoms with Crippen LogP contribution in [0.3, 0.4) is 0 Å². The third-order valence-electron chi connectivity index (χ3n) is 3.18. The van der Waals surface area contributed by atoms with Crippen LogP contribution >= 0.6 is 15.9 Å². The fraction of sp³-hybridized carbons (Fsp3) is 0.133. The highest BCUT2D eigenvalue weighted by Crippen LogP contribution is 2.27. The van der Waals surface area contributed by atoms with E-state index in [0.717, 1.165) is 4.47 Å². The second kappa shape index (κ2) is 7.20. The Morgan fingerprint density at radius 2 is 2.04 bits per heavy atom. The smallest absolute Gasteiger partial charge is 0.432 e. The number of hydrogen-bond donors (Lipinski definition) is 2. The van der Waals surface area contributed by atoms with E-state index < -0.39 is 17.8 Å². The van der Waals surface area contributed by atoms with Crippen molar-refractivity contribution in [3.05, 3.63) is 58.6 Å². The van der Waals surface area contributed by atoms with Crippen LogP contribution < -0.4 is 10.1 Å². The zero-order valence-electron chi connectivity index (χ0n) is 12.9. The number of benzene rings is 1. The Hall–Kier alpha value is -2.82. The molecule has 0 atom stereocenters. The molecule has 1 amide bonds. The Labute approximate surface area is 153 Å². The van der Waals surface area contributed by atoms with Gasteiger partial charge in [-0.25, -0.2) is 4.68 Å². The van der Waals surface area contributed by atoms with E-state index in [1.54, 1.807) is 17.2 Å². The van der Waals surface area contributed by atoms with Gasteiger partial charge in [-0.15, -0.1) is 0 Å². The lowest BCUT2D eigenvalue weighted by molar-refractivity contribution is -0.141. The summed E-state index contributed by atoms with van der Waals surface area (Å²) in [6, 6.07) is 7.82. The highest BCUT2D eigenvalue weighted by atomic mass is 79.9. The molecule has 3 aromatic rings. The fourth-order valence-electron chi connectivity index (χ4n) is 1.95. The number of aromatic amines is 1. The van der Waals surface area contributed by atoms with Crippen molar-refractivity contribution in [2.24, 2.45) is 0 Å². The number of carbonyl (C=O) groups excluding carboxylic acids is 1. The van der Waals surface area contributed by atoms with E-state index in [9.17, 15) is 18.0 Å². The summed E-state index contributed by atoms with van der Waals surface area (Å²) in [6.45, 7) is 0.0954. The summed E-state index contributed by atoms with van der Waals surface area (Å²) in [5.41, 5.74) is -1.18. The second-order valence-electron chi connectivity index (χ2n) is 5.11. The number of rotatable bonds is 5. The number of anilines is 1. The molecule has 11 heteroatoms. The molecule has 1 aromatic carbocycles. The minimum absolute atomic E-state index is 0.0954. The van der Waals surface area contributed by atoms with E-state index in [1.165, 1.54) is 17.1 Å². The van der Waals surface area contributed by atoms with Crippen LogP contribution in [-0.2, 0) is 12.9 Å². The fourth-order valence-corrected chi connectivity index (χ4v) is 2.21. The summed E-state index contributed by atoms with van der Waals surface area (Å²) in [6.07, 6.45) is -1.77. The lowest BCUT2D eigenvalue weighted by Gasteiger charge is -2.05. The van der Waals surface area contributed by atoms with Gasteiger partial charge in [0.05, 0.1) is 18.1 Å². The van der Waals surface area contributed by atoms with Crippen molar-refractivity contribution in [1.82, 2.24) is 20.0 Å². The number of H-pyrrole nitrogens is 1. The van der Waals surface area contributed by atoms with E-state index in [0.29, 0.717) is 17.5 Å². The Morgan fingerprint density at radius 1 is 1.31 bits per heavy atom. The summed E-state index contributed by atoms with van der Waals surface area (Å²) in [5.74, 6) is -0.157. The second-order valence-corrected chi connectivity index (χ2v) is 6.03. The van der Waals surface area contributed by atoms with Crippen molar-refractivity contribution in [2.45, 2.75) is 12.9 Å². The van der Waals surface area contributed by atoms with Gasteiger partial charge in [0.2, 0.25) is 0 Å². The van der Waals surface area contributed by atoms with Crippen LogP contribution in [0.4, 0.5) is 18.9 Å². The van der Waals surface area contributed by atoms with Gasteiger partial charge in [-0.3, -0.25) is 9.89 Å². The number of nitrogens with zero attached hydrogens (tertiary/aromatic N) is 3. The van der Waals surface area contributed by atoms with Gasteiger partial charge in [-0.1, -0.05) is 15.9 Å². The molecule has 2 N–H and O–H groups in total. The first-order valence-corrected chi connectivity index (χ1v) is 7.95. The number of amides is 1. The molecule has 0 saturated heterocycles. The highest BCUT2D eigenvalue weighted by molar-refractivity contribution is 9.10. The molecule has 26 heavy (non-hydrogen) atoms. The van der Waals surface area contributed by atoms with Gasteiger partial charge >= 0.3 is 6.18 Å². The van der Waals surface area contributed by atoms with Crippen LogP contribution in [0.2, 0.25) is 0 Å². The van der Waals surface area contributed by atoms with Crippen LogP contribution in [0.5, 0.6) is 5.75 Å². The lowest BCUT2D eigenvalue weighted by atomic mass is 10.3. The van der Waals surface area contributed by atoms with Crippen LogP contribution in [0.15, 0.2) is 47.2 Å². The molecule has 0 aliphatic carbocycles. The molecule has 136 valence electrons. The molecule has 2 aromatic heterocycles. The van der Waals surface area contributed by atoms with E-state index in [2.05, 4.69) is 31.4 Å². The number of aromatic nitrogens is 4. The summed E-state index contributed by atoms with van der Waals surface area (Å²) in [7, 11) is 0. The number of hydrogen-bond acceptors (Lipinski definition) is 4. The van der Waals surface area contributed by atoms with Gasteiger partial charge in [0.25, 0.3) is 5.91 Å². The normalized spacial score (nSPS) is 11.4. The molecular formula is C15H11BrF3N5O2. The Balaban J connectivity index is 1.58. The summed E-state index contributed by atoms with van der Waals surface area (Å²) < 4.78 is 45.4. The summed E-state index contributed by atoms with van der Waals surface area (Å²) >= 11 is 3.32. The molecule has 0 radical (unpaired) electrons. The monoisotopic (exact) mass is 429 g/mol. The SMILES string of the molecule is O=C(Nc1cnn(COc2ccc(Br)cc2)c1)c1cc(C(F)(F)F)[nH]n1. The molecule has 0 spiro atoms. The third-order valence-corrected chi connectivity index (χ3v) is 3.71. The molecular weight excluding hydrogens is 419 g/mol. The van der Waals surface area contributed by atoms with Crippen LogP contribution in [0.1, 0.15) is 16.2 Å². The van der Waals surface area contributed by atoms with E-state index in [1.807, 2.05) is 12.1 Å². The van der Waals surface area contributed by atoms with Crippen molar-refractivity contribution in [1.29, 1.82) is 0 Å². The van der Waals surface area contributed by atoms with Crippen molar-refractivity contribution < 1.29 is 22.7 Å². The average molecular weight is 430 g/mol. The number of halogens is 4. The molecule has 0 unspecified atom stereocenters. The third kappa shape index (κ3) is 4.42. The van der Waals surface area contributed by atoms with Crippen molar-refractivity contribution in [3.63, 3.8) is 0 Å². The molecule has 2 heterocycles. The maximum Gasteiger partial charge on any atom is 0.432 e. The van der Waals surface area contributed by atoms with Gasteiger partial charge in [-0.2, -0.15) is 23.4 Å². The first kappa shape index (κ1) is 18.0. The number of carbonyl (C=O) groups is 1. The molecule has 3 rings (SSSR count). The van der Waals surface area contributed by atoms with E-state index in [4.69, 9.17) is 4.74 Å². The average Bonchev–Trinajstić information content (AvgIpc) is 3.23. The Kier molecular flexibility index (Phi) is 4.98. The number of nitrogens with one attached hydrogen (secondary N) is 2. The summed E-state index contributed by atoms with van der Waals surface area (Å²) in [5, 5.41) is 11.6. The summed E-state index contributed by atoms with van der Waals surface area (Å²) in [4.78, 5) is 11.9. The lowest BCUT2D eigenvalue weighted by Crippen LogP contribution is -2.12. The Morgan fingerprint density at radius 3 is 2.69 bits per heavy atom. The van der Waals surface area contributed by atoms with Crippen molar-refractivity contribution >= 4 is 27.5 Å². The van der Waals surface area contributed by atoms with Gasteiger partial charge in [-0.05, 0) is 24.3 Å². The van der Waals surface area contributed by atoms with Crippen LogP contribution in [0, 0.1) is 0 Å². The zero-order chi connectivity index (χ0) is 18.7. The molecule has 0 fully saturated rings. The number of alkyl halides is 3. The van der Waals surface area contributed by atoms with Crippen LogP contribution in [0.25, 0.3) is 0 Å². The maximum atomic E-state index is 12.5. The maximum absolute atomic E-state index is 12.5.